The van der Waals surface area contributed by atoms with E-state index < -0.39 is 0 Å². The van der Waals surface area contributed by atoms with Gasteiger partial charge in [-0.05, 0) is 31.9 Å². The maximum Gasteiger partial charge on any atom is 0.224 e. The molecule has 1 aliphatic rings. The average molecular weight is 228 g/mol. The lowest BCUT2D eigenvalue weighted by atomic mass is 10.1. The topological polar surface area (TPSA) is 47.0 Å². The Morgan fingerprint density at radius 2 is 2.40 bits per heavy atom. The summed E-state index contributed by atoms with van der Waals surface area (Å²) >= 11 is 5.75. The molecular formula is C10H14ClN3O. The number of halogens is 1. The van der Waals surface area contributed by atoms with Crippen LogP contribution in [0.3, 0.4) is 0 Å². The second-order valence-electron chi connectivity index (χ2n) is 3.79. The fraction of sp³-hybridized carbons (Fsp3) is 0.600. The Bertz CT molecular complexity index is 359. The Labute approximate surface area is 94.0 Å². The molecule has 5 heteroatoms. The highest BCUT2D eigenvalue weighted by atomic mass is 35.5. The first-order chi connectivity index (χ1) is 7.16. The molecule has 0 radical (unpaired) electrons. The monoisotopic (exact) mass is 227 g/mol. The summed E-state index contributed by atoms with van der Waals surface area (Å²) in [5.74, 6) is 0.803. The van der Waals surface area contributed by atoms with Gasteiger partial charge in [-0.3, -0.25) is 0 Å². The van der Waals surface area contributed by atoms with E-state index in [4.69, 9.17) is 16.3 Å². The lowest BCUT2D eigenvalue weighted by Gasteiger charge is -2.17. The molecule has 1 aliphatic heterocycles. The SMILES string of the molecule is Cc1cnc(Cl)nc1NC1CCOC1C. The van der Waals surface area contributed by atoms with Crippen molar-refractivity contribution < 1.29 is 4.74 Å². The third-order valence-corrected chi connectivity index (χ3v) is 2.82. The van der Waals surface area contributed by atoms with E-state index in [-0.39, 0.29) is 11.4 Å². The number of nitrogens with one attached hydrogen (secondary N) is 1. The van der Waals surface area contributed by atoms with Gasteiger partial charge in [-0.2, -0.15) is 0 Å². The van der Waals surface area contributed by atoms with Crippen LogP contribution in [0.25, 0.3) is 0 Å². The maximum absolute atomic E-state index is 5.75. The summed E-state index contributed by atoms with van der Waals surface area (Å²) in [6.07, 6.45) is 2.94. The van der Waals surface area contributed by atoms with Crippen LogP contribution in [0.2, 0.25) is 5.28 Å². The number of aryl methyl sites for hydroxylation is 1. The molecule has 2 rings (SSSR count). The van der Waals surface area contributed by atoms with Crippen molar-refractivity contribution in [2.24, 2.45) is 0 Å². The van der Waals surface area contributed by atoms with E-state index in [9.17, 15) is 0 Å². The van der Waals surface area contributed by atoms with E-state index in [1.54, 1.807) is 6.20 Å². The number of aromatic nitrogens is 2. The van der Waals surface area contributed by atoms with Gasteiger partial charge in [0, 0.05) is 18.4 Å². The molecule has 0 aromatic carbocycles. The molecule has 1 aromatic rings. The zero-order valence-electron chi connectivity index (χ0n) is 8.83. The first-order valence-electron chi connectivity index (χ1n) is 5.04. The zero-order chi connectivity index (χ0) is 10.8. The molecule has 2 unspecified atom stereocenters. The summed E-state index contributed by atoms with van der Waals surface area (Å²) in [6, 6.07) is 0.315. The van der Waals surface area contributed by atoms with Crippen molar-refractivity contribution in [3.05, 3.63) is 17.0 Å². The number of anilines is 1. The highest BCUT2D eigenvalue weighted by Crippen LogP contribution is 2.20. The number of hydrogen-bond donors (Lipinski definition) is 1. The van der Waals surface area contributed by atoms with E-state index in [2.05, 4.69) is 22.2 Å². The highest BCUT2D eigenvalue weighted by molar-refractivity contribution is 6.28. The minimum Gasteiger partial charge on any atom is -0.376 e. The van der Waals surface area contributed by atoms with Crippen LogP contribution >= 0.6 is 11.6 Å². The van der Waals surface area contributed by atoms with Gasteiger partial charge in [0.15, 0.2) is 0 Å². The molecule has 2 atom stereocenters. The van der Waals surface area contributed by atoms with Gasteiger partial charge in [0.1, 0.15) is 5.82 Å². The molecule has 0 bridgehead atoms. The van der Waals surface area contributed by atoms with Gasteiger partial charge >= 0.3 is 0 Å². The summed E-state index contributed by atoms with van der Waals surface area (Å²) in [4.78, 5) is 8.07. The smallest absolute Gasteiger partial charge is 0.224 e. The van der Waals surface area contributed by atoms with Gasteiger partial charge in [-0.25, -0.2) is 9.97 Å². The van der Waals surface area contributed by atoms with Gasteiger partial charge < -0.3 is 10.1 Å². The fourth-order valence-corrected chi connectivity index (χ4v) is 1.80. The van der Waals surface area contributed by atoms with Crippen molar-refractivity contribution in [2.75, 3.05) is 11.9 Å². The van der Waals surface area contributed by atoms with Gasteiger partial charge in [0.2, 0.25) is 5.28 Å². The minimum absolute atomic E-state index is 0.221. The molecule has 82 valence electrons. The van der Waals surface area contributed by atoms with E-state index in [0.29, 0.717) is 6.04 Å². The van der Waals surface area contributed by atoms with Crippen LogP contribution in [0, 0.1) is 6.92 Å². The van der Waals surface area contributed by atoms with E-state index in [0.717, 1.165) is 24.4 Å². The van der Waals surface area contributed by atoms with Crippen molar-refractivity contribution in [3.8, 4) is 0 Å². The van der Waals surface area contributed by atoms with Crippen LogP contribution in [-0.2, 0) is 4.74 Å². The molecule has 1 N–H and O–H groups in total. The van der Waals surface area contributed by atoms with E-state index >= 15 is 0 Å². The van der Waals surface area contributed by atoms with Gasteiger partial charge in [-0.15, -0.1) is 0 Å². The molecule has 0 saturated carbocycles. The second kappa shape index (κ2) is 4.33. The average Bonchev–Trinajstić information content (AvgIpc) is 2.58. The normalized spacial score (nSPS) is 25.5. The Hall–Kier alpha value is -0.870. The fourth-order valence-electron chi connectivity index (χ4n) is 1.66. The molecule has 1 saturated heterocycles. The largest absolute Gasteiger partial charge is 0.376 e. The second-order valence-corrected chi connectivity index (χ2v) is 4.12. The van der Waals surface area contributed by atoms with Crippen molar-refractivity contribution in [2.45, 2.75) is 32.4 Å². The summed E-state index contributed by atoms with van der Waals surface area (Å²) < 4.78 is 5.47. The Kier molecular flexibility index (Phi) is 3.07. The van der Waals surface area contributed by atoms with Gasteiger partial charge in [-0.1, -0.05) is 0 Å². The van der Waals surface area contributed by atoms with Gasteiger partial charge in [0.05, 0.1) is 12.1 Å². The summed E-state index contributed by atoms with van der Waals surface area (Å²) in [5.41, 5.74) is 0.999. The van der Waals surface area contributed by atoms with Crippen LogP contribution in [0.15, 0.2) is 6.20 Å². The van der Waals surface area contributed by atoms with Gasteiger partial charge in [0.25, 0.3) is 0 Å². The number of hydrogen-bond acceptors (Lipinski definition) is 4. The molecule has 15 heavy (non-hydrogen) atoms. The molecule has 0 spiro atoms. The first kappa shape index (κ1) is 10.6. The van der Waals surface area contributed by atoms with Crippen LogP contribution in [0.1, 0.15) is 18.9 Å². The molecule has 0 aliphatic carbocycles. The van der Waals surface area contributed by atoms with Crippen molar-refractivity contribution in [1.82, 2.24) is 9.97 Å². The maximum atomic E-state index is 5.75. The van der Waals surface area contributed by atoms with Crippen molar-refractivity contribution in [1.29, 1.82) is 0 Å². The molecule has 0 amide bonds. The summed E-state index contributed by atoms with van der Waals surface area (Å²) in [5, 5.41) is 3.61. The van der Waals surface area contributed by atoms with E-state index in [1.807, 2.05) is 6.92 Å². The Morgan fingerprint density at radius 1 is 1.60 bits per heavy atom. The standard InChI is InChI=1S/C10H14ClN3O/c1-6-5-12-10(11)14-9(6)13-8-3-4-15-7(8)2/h5,7-8H,3-4H2,1-2H3,(H,12,13,14). The van der Waals surface area contributed by atoms with Crippen LogP contribution in [-0.4, -0.2) is 28.7 Å². The molecule has 1 fully saturated rings. The molecule has 1 aromatic heterocycles. The number of nitrogens with zero attached hydrogens (tertiary/aromatic N) is 2. The molecular weight excluding hydrogens is 214 g/mol. The zero-order valence-corrected chi connectivity index (χ0v) is 9.58. The first-order valence-corrected chi connectivity index (χ1v) is 5.42. The summed E-state index contributed by atoms with van der Waals surface area (Å²) in [6.45, 7) is 4.82. The van der Waals surface area contributed by atoms with Crippen molar-refractivity contribution in [3.63, 3.8) is 0 Å². The summed E-state index contributed by atoms with van der Waals surface area (Å²) in [7, 11) is 0. The lowest BCUT2D eigenvalue weighted by molar-refractivity contribution is 0.121. The van der Waals surface area contributed by atoms with Crippen LogP contribution < -0.4 is 5.32 Å². The lowest BCUT2D eigenvalue weighted by Crippen LogP contribution is -2.27. The predicted octanol–water partition coefficient (Wildman–Crippen LogP) is 2.03. The Balaban J connectivity index is 2.12. The molecule has 4 nitrogen and oxygen atoms in total. The quantitative estimate of drug-likeness (QED) is 0.786. The third kappa shape index (κ3) is 2.38. The third-order valence-electron chi connectivity index (χ3n) is 2.64. The molecule has 2 heterocycles. The predicted molar refractivity (Wildman–Crippen MR) is 59.2 cm³/mol. The highest BCUT2D eigenvalue weighted by Gasteiger charge is 2.24. The number of rotatable bonds is 2. The van der Waals surface area contributed by atoms with Crippen LogP contribution in [0.5, 0.6) is 0 Å². The Morgan fingerprint density at radius 3 is 3.07 bits per heavy atom. The number of ether oxygens (including phenoxy) is 1. The van der Waals surface area contributed by atoms with Crippen molar-refractivity contribution >= 4 is 17.4 Å². The minimum atomic E-state index is 0.221. The van der Waals surface area contributed by atoms with Crippen LogP contribution in [0.4, 0.5) is 5.82 Å². The van der Waals surface area contributed by atoms with E-state index in [1.165, 1.54) is 0 Å².